The Balaban J connectivity index is 1.08. The van der Waals surface area contributed by atoms with E-state index in [9.17, 15) is 14.9 Å². The standard InChI is InChI=1S/C27H28N8O2/c1-14-6-24(34-12-19-9-21(19)27(34)37)29-11-22(14)16(3)35-13-23(32-33-35)26(36)31-20-7-18(8-20)25-17(10-28)5-4-15(2)30-25/h4-6,11,13,16,18-21H,7-9,12H2,1-3H3,(H,31,36)/t16-,18-,19-,20+,21-/m1/s1. The number of nitrogens with zero attached hydrogens (tertiary/aromatic N) is 7. The van der Waals surface area contributed by atoms with Crippen LogP contribution in [0.1, 0.15) is 76.7 Å². The molecule has 2 aliphatic carbocycles. The van der Waals surface area contributed by atoms with Gasteiger partial charge in [0.15, 0.2) is 5.69 Å². The summed E-state index contributed by atoms with van der Waals surface area (Å²) in [6, 6.07) is 7.64. The number of carbonyl (C=O) groups excluding carboxylic acids is 2. The normalized spacial score (nSPS) is 24.7. The molecule has 1 N–H and O–H groups in total. The van der Waals surface area contributed by atoms with E-state index in [1.165, 1.54) is 0 Å². The van der Waals surface area contributed by atoms with E-state index >= 15 is 0 Å². The van der Waals surface area contributed by atoms with Crippen molar-refractivity contribution < 1.29 is 9.59 Å². The van der Waals surface area contributed by atoms with E-state index in [0.29, 0.717) is 17.3 Å². The average Bonchev–Trinajstić information content (AvgIpc) is 3.31. The van der Waals surface area contributed by atoms with Crippen molar-refractivity contribution in [3.63, 3.8) is 0 Å². The van der Waals surface area contributed by atoms with Crippen molar-refractivity contribution in [3.05, 3.63) is 64.4 Å². The van der Waals surface area contributed by atoms with E-state index in [-0.39, 0.29) is 41.4 Å². The van der Waals surface area contributed by atoms with Gasteiger partial charge >= 0.3 is 0 Å². The number of hydrogen-bond acceptors (Lipinski definition) is 7. The molecule has 3 aromatic heterocycles. The second kappa shape index (κ2) is 8.76. The largest absolute Gasteiger partial charge is 0.348 e. The van der Waals surface area contributed by atoms with Crippen LogP contribution in [0.3, 0.4) is 0 Å². The molecule has 3 atom stereocenters. The van der Waals surface area contributed by atoms with Gasteiger partial charge in [0, 0.05) is 36.3 Å². The lowest BCUT2D eigenvalue weighted by atomic mass is 9.76. The van der Waals surface area contributed by atoms with Gasteiger partial charge in [-0.15, -0.1) is 5.10 Å². The monoisotopic (exact) mass is 496 g/mol. The van der Waals surface area contributed by atoms with Gasteiger partial charge in [0.05, 0.1) is 23.5 Å². The number of piperidine rings is 1. The Hall–Kier alpha value is -4.13. The summed E-state index contributed by atoms with van der Waals surface area (Å²) >= 11 is 0. The molecular weight excluding hydrogens is 468 g/mol. The lowest BCUT2D eigenvalue weighted by Crippen LogP contribution is -2.43. The molecular formula is C27H28N8O2. The van der Waals surface area contributed by atoms with Crippen LogP contribution in [-0.2, 0) is 4.79 Å². The molecule has 3 aliphatic rings. The van der Waals surface area contributed by atoms with Crippen LogP contribution in [0.2, 0.25) is 0 Å². The highest BCUT2D eigenvalue weighted by Gasteiger charge is 2.52. The summed E-state index contributed by atoms with van der Waals surface area (Å²) in [4.78, 5) is 36.1. The van der Waals surface area contributed by atoms with Crippen LogP contribution in [0.4, 0.5) is 5.82 Å². The van der Waals surface area contributed by atoms with E-state index in [1.807, 2.05) is 39.0 Å². The maximum absolute atomic E-state index is 12.8. The van der Waals surface area contributed by atoms with Crippen molar-refractivity contribution in [2.45, 2.75) is 58.0 Å². The Morgan fingerprint density at radius 1 is 1.24 bits per heavy atom. The quantitative estimate of drug-likeness (QED) is 0.555. The fourth-order valence-corrected chi connectivity index (χ4v) is 5.53. The van der Waals surface area contributed by atoms with Gasteiger partial charge in [0.1, 0.15) is 11.9 Å². The minimum atomic E-state index is -0.268. The molecule has 0 unspecified atom stereocenters. The molecule has 2 amide bonds. The maximum atomic E-state index is 12.8. The van der Waals surface area contributed by atoms with Crippen LogP contribution in [0.15, 0.2) is 30.6 Å². The predicted molar refractivity (Wildman–Crippen MR) is 134 cm³/mol. The summed E-state index contributed by atoms with van der Waals surface area (Å²) in [5.74, 6) is 1.47. The Labute approximate surface area is 214 Å². The molecule has 2 saturated carbocycles. The second-order valence-corrected chi connectivity index (χ2v) is 10.5. The number of rotatable bonds is 6. The molecule has 188 valence electrons. The smallest absolute Gasteiger partial charge is 0.273 e. The number of nitrogens with one attached hydrogen (secondary N) is 1. The summed E-state index contributed by atoms with van der Waals surface area (Å²) in [6.07, 6.45) is 5.92. The molecule has 10 heteroatoms. The Bertz CT molecular complexity index is 1450. The molecule has 0 radical (unpaired) electrons. The van der Waals surface area contributed by atoms with Gasteiger partial charge in [0.2, 0.25) is 5.91 Å². The van der Waals surface area contributed by atoms with Gasteiger partial charge < -0.3 is 5.32 Å². The van der Waals surface area contributed by atoms with Gasteiger partial charge in [-0.25, -0.2) is 9.67 Å². The van der Waals surface area contributed by atoms with E-state index in [4.69, 9.17) is 0 Å². The number of nitriles is 1. The zero-order chi connectivity index (χ0) is 25.8. The summed E-state index contributed by atoms with van der Waals surface area (Å²) in [7, 11) is 0. The first-order valence-corrected chi connectivity index (χ1v) is 12.7. The third kappa shape index (κ3) is 4.14. The van der Waals surface area contributed by atoms with Crippen molar-refractivity contribution in [1.82, 2.24) is 30.3 Å². The van der Waals surface area contributed by atoms with E-state index in [0.717, 1.165) is 48.3 Å². The molecule has 4 heterocycles. The number of aryl methyl sites for hydroxylation is 2. The number of fused-ring (bicyclic) bond motifs is 1. The summed E-state index contributed by atoms with van der Waals surface area (Å²) in [5.41, 5.74) is 4.51. The van der Waals surface area contributed by atoms with Crippen molar-refractivity contribution in [2.75, 3.05) is 11.4 Å². The highest BCUT2D eigenvalue weighted by atomic mass is 16.2. The predicted octanol–water partition coefficient (Wildman–Crippen LogP) is 2.82. The molecule has 3 fully saturated rings. The van der Waals surface area contributed by atoms with Gasteiger partial charge in [-0.05, 0) is 75.3 Å². The van der Waals surface area contributed by atoms with E-state index in [2.05, 4.69) is 31.7 Å². The number of anilines is 1. The Kier molecular flexibility index (Phi) is 5.51. The van der Waals surface area contributed by atoms with Crippen LogP contribution in [0.25, 0.3) is 0 Å². The fourth-order valence-electron chi connectivity index (χ4n) is 5.53. The minimum absolute atomic E-state index is 0.00671. The van der Waals surface area contributed by atoms with Crippen molar-refractivity contribution in [2.24, 2.45) is 11.8 Å². The summed E-state index contributed by atoms with van der Waals surface area (Å²) < 4.78 is 1.66. The van der Waals surface area contributed by atoms with Crippen molar-refractivity contribution in [3.8, 4) is 6.07 Å². The molecule has 0 aromatic carbocycles. The third-order valence-electron chi connectivity index (χ3n) is 7.97. The lowest BCUT2D eigenvalue weighted by molar-refractivity contribution is -0.118. The third-order valence-corrected chi connectivity index (χ3v) is 7.97. The van der Waals surface area contributed by atoms with Gasteiger partial charge in [0.25, 0.3) is 5.91 Å². The van der Waals surface area contributed by atoms with Crippen LogP contribution >= 0.6 is 0 Å². The summed E-state index contributed by atoms with van der Waals surface area (Å²) in [5, 5.41) is 20.7. The van der Waals surface area contributed by atoms with Crippen molar-refractivity contribution in [1.29, 1.82) is 5.26 Å². The fraction of sp³-hybridized carbons (Fsp3) is 0.444. The zero-order valence-corrected chi connectivity index (χ0v) is 21.0. The number of carbonyl (C=O) groups is 2. The average molecular weight is 497 g/mol. The first-order chi connectivity index (χ1) is 17.8. The number of pyridine rings is 2. The first kappa shape index (κ1) is 23.3. The second-order valence-electron chi connectivity index (χ2n) is 10.5. The molecule has 37 heavy (non-hydrogen) atoms. The Morgan fingerprint density at radius 3 is 2.76 bits per heavy atom. The SMILES string of the molecule is Cc1ccc(C#N)c([C@H]2C[C@@H](NC(=O)c3cn([C@H](C)c4cnc(N5C[C@H]6C[C@H]6C5=O)cc4C)nn3)C2)n1. The van der Waals surface area contributed by atoms with Gasteiger partial charge in [-0.3, -0.25) is 19.5 Å². The molecule has 0 spiro atoms. The molecule has 1 saturated heterocycles. The van der Waals surface area contributed by atoms with Crippen LogP contribution in [0, 0.1) is 37.0 Å². The van der Waals surface area contributed by atoms with Crippen molar-refractivity contribution >= 4 is 17.6 Å². The first-order valence-electron chi connectivity index (χ1n) is 12.7. The van der Waals surface area contributed by atoms with Gasteiger partial charge in [-0.2, -0.15) is 5.26 Å². The van der Waals surface area contributed by atoms with Crippen LogP contribution in [0.5, 0.6) is 0 Å². The topological polar surface area (TPSA) is 130 Å². The Morgan fingerprint density at radius 2 is 2.05 bits per heavy atom. The van der Waals surface area contributed by atoms with Crippen LogP contribution < -0.4 is 10.2 Å². The number of amides is 2. The molecule has 6 rings (SSSR count). The molecule has 0 bridgehead atoms. The molecule has 3 aromatic rings. The van der Waals surface area contributed by atoms with E-state index < -0.39 is 0 Å². The van der Waals surface area contributed by atoms with E-state index in [1.54, 1.807) is 22.0 Å². The van der Waals surface area contributed by atoms with Gasteiger partial charge in [-0.1, -0.05) is 5.21 Å². The molecule has 10 nitrogen and oxygen atoms in total. The summed E-state index contributed by atoms with van der Waals surface area (Å²) in [6.45, 7) is 6.65. The lowest BCUT2D eigenvalue weighted by Gasteiger charge is -2.35. The highest BCUT2D eigenvalue weighted by Crippen LogP contribution is 2.47. The molecule has 1 aliphatic heterocycles. The van der Waals surface area contributed by atoms with Crippen LogP contribution in [-0.4, -0.2) is 49.4 Å². The zero-order valence-electron chi connectivity index (χ0n) is 21.0. The minimum Gasteiger partial charge on any atom is -0.348 e. The maximum Gasteiger partial charge on any atom is 0.273 e. The highest BCUT2D eigenvalue weighted by molar-refractivity contribution is 5.99. The number of aromatic nitrogens is 5. The number of hydrogen-bond donors (Lipinski definition) is 1.